The molecule has 26 heavy (non-hydrogen) atoms. The van der Waals surface area contributed by atoms with Gasteiger partial charge in [0.2, 0.25) is 5.95 Å². The maximum atomic E-state index is 13.0. The Morgan fingerprint density at radius 1 is 1.15 bits per heavy atom. The van der Waals surface area contributed by atoms with E-state index in [9.17, 15) is 13.2 Å². The van der Waals surface area contributed by atoms with Gasteiger partial charge in [0.05, 0.1) is 22.6 Å². The molecule has 1 aromatic carbocycles. The third-order valence-corrected chi connectivity index (χ3v) is 4.01. The van der Waals surface area contributed by atoms with Crippen molar-refractivity contribution in [2.45, 2.75) is 25.1 Å². The van der Waals surface area contributed by atoms with E-state index in [0.717, 1.165) is 25.0 Å². The van der Waals surface area contributed by atoms with Crippen LogP contribution in [0, 0.1) is 0 Å². The molecule has 1 saturated carbocycles. The zero-order chi connectivity index (χ0) is 18.3. The van der Waals surface area contributed by atoms with Crippen molar-refractivity contribution in [1.82, 2.24) is 19.9 Å². The molecule has 0 radical (unpaired) electrons. The van der Waals surface area contributed by atoms with Gasteiger partial charge < -0.3 is 16.0 Å². The van der Waals surface area contributed by atoms with Gasteiger partial charge in [-0.15, -0.1) is 0 Å². The number of aromatic amines is 1. The van der Waals surface area contributed by atoms with Crippen molar-refractivity contribution in [1.29, 1.82) is 0 Å². The third-order valence-electron chi connectivity index (χ3n) is 4.01. The molecule has 4 rings (SSSR count). The molecule has 0 unspecified atom stereocenters. The molecule has 1 fully saturated rings. The zero-order valence-electron chi connectivity index (χ0n) is 13.5. The van der Waals surface area contributed by atoms with E-state index >= 15 is 0 Å². The number of nitrogen functional groups attached to an aromatic ring is 1. The molecule has 0 spiro atoms. The number of alkyl halides is 3. The molecule has 1 aliphatic carbocycles. The second kappa shape index (κ2) is 6.01. The average molecular weight is 360 g/mol. The Bertz CT molecular complexity index is 946. The van der Waals surface area contributed by atoms with E-state index in [1.807, 2.05) is 0 Å². The van der Waals surface area contributed by atoms with Crippen LogP contribution in [0.5, 0.6) is 0 Å². The van der Waals surface area contributed by atoms with Crippen LogP contribution >= 0.6 is 0 Å². The van der Waals surface area contributed by atoms with Crippen molar-refractivity contribution in [2.24, 2.45) is 0 Å². The monoisotopic (exact) mass is 360 g/mol. The molecule has 2 heterocycles. The van der Waals surface area contributed by atoms with Crippen molar-refractivity contribution in [3.05, 3.63) is 42.1 Å². The number of rotatable bonds is 4. The van der Waals surface area contributed by atoms with Crippen LogP contribution in [0.2, 0.25) is 0 Å². The van der Waals surface area contributed by atoms with Crippen LogP contribution in [-0.4, -0.2) is 26.0 Å². The fourth-order valence-electron chi connectivity index (χ4n) is 2.61. The molecule has 0 bridgehead atoms. The Morgan fingerprint density at radius 2 is 1.96 bits per heavy atom. The molecule has 2 aromatic heterocycles. The summed E-state index contributed by atoms with van der Waals surface area (Å²) in [5, 5.41) is 3.18. The molecule has 1 aliphatic rings. The van der Waals surface area contributed by atoms with Crippen molar-refractivity contribution < 1.29 is 13.2 Å². The van der Waals surface area contributed by atoms with Crippen molar-refractivity contribution in [3.8, 4) is 22.6 Å². The summed E-state index contributed by atoms with van der Waals surface area (Å²) < 4.78 is 39.0. The summed E-state index contributed by atoms with van der Waals surface area (Å²) in [5.74, 6) is 0.566. The predicted octanol–water partition coefficient (Wildman–Crippen LogP) is 3.71. The van der Waals surface area contributed by atoms with Crippen LogP contribution in [-0.2, 0) is 6.18 Å². The number of hydrogen-bond donors (Lipinski definition) is 3. The molecule has 4 N–H and O–H groups in total. The van der Waals surface area contributed by atoms with Crippen LogP contribution in [0.1, 0.15) is 18.4 Å². The van der Waals surface area contributed by atoms with Crippen LogP contribution in [0.4, 0.5) is 25.1 Å². The highest BCUT2D eigenvalue weighted by Gasteiger charge is 2.31. The number of nitrogens with zero attached hydrogens (tertiary/aromatic N) is 3. The average Bonchev–Trinajstić information content (AvgIpc) is 3.33. The highest BCUT2D eigenvalue weighted by Crippen LogP contribution is 2.35. The number of hydrogen-bond acceptors (Lipinski definition) is 5. The van der Waals surface area contributed by atoms with E-state index in [-0.39, 0.29) is 5.95 Å². The van der Waals surface area contributed by atoms with Gasteiger partial charge in [0.1, 0.15) is 0 Å². The normalized spacial score (nSPS) is 14.4. The number of nitrogens with two attached hydrogens (primary N) is 1. The second-order valence-electron chi connectivity index (χ2n) is 6.11. The molecule has 134 valence electrons. The lowest BCUT2D eigenvalue weighted by Gasteiger charge is -2.09. The minimum atomic E-state index is -4.44. The van der Waals surface area contributed by atoms with Gasteiger partial charge in [0.25, 0.3) is 0 Å². The molecule has 0 amide bonds. The molecule has 9 heteroatoms. The minimum Gasteiger partial charge on any atom is -0.369 e. The summed E-state index contributed by atoms with van der Waals surface area (Å²) in [4.78, 5) is 15.6. The number of halogens is 3. The van der Waals surface area contributed by atoms with Crippen LogP contribution in [0.3, 0.4) is 0 Å². The highest BCUT2D eigenvalue weighted by atomic mass is 19.4. The van der Waals surface area contributed by atoms with Gasteiger partial charge in [-0.3, -0.25) is 0 Å². The first-order valence-electron chi connectivity index (χ1n) is 8.03. The number of aromatic nitrogens is 4. The molecular formula is C17H15F3N6. The lowest BCUT2D eigenvalue weighted by atomic mass is 10.1. The van der Waals surface area contributed by atoms with Gasteiger partial charge in [-0.2, -0.15) is 13.2 Å². The fourth-order valence-corrected chi connectivity index (χ4v) is 2.61. The topological polar surface area (TPSA) is 92.5 Å². The first kappa shape index (κ1) is 16.4. The SMILES string of the molecule is Nc1nc(-c2cccc(C(F)(F)F)c2)c(-c2ccnc(NC3CC3)n2)[nH]1. The maximum absolute atomic E-state index is 13.0. The van der Waals surface area contributed by atoms with E-state index in [0.29, 0.717) is 34.6 Å². The predicted molar refractivity (Wildman–Crippen MR) is 91.1 cm³/mol. The third kappa shape index (κ3) is 3.32. The highest BCUT2D eigenvalue weighted by molar-refractivity contribution is 5.78. The molecular weight excluding hydrogens is 345 g/mol. The van der Waals surface area contributed by atoms with Gasteiger partial charge in [-0.05, 0) is 31.0 Å². The molecule has 0 atom stereocenters. The molecule has 0 saturated heterocycles. The Hall–Kier alpha value is -3.10. The van der Waals surface area contributed by atoms with E-state index in [4.69, 9.17) is 5.73 Å². The van der Waals surface area contributed by atoms with Crippen LogP contribution < -0.4 is 11.1 Å². The van der Waals surface area contributed by atoms with E-state index in [2.05, 4.69) is 25.3 Å². The summed E-state index contributed by atoms with van der Waals surface area (Å²) >= 11 is 0. The maximum Gasteiger partial charge on any atom is 0.416 e. The van der Waals surface area contributed by atoms with Gasteiger partial charge in [-0.25, -0.2) is 15.0 Å². The largest absolute Gasteiger partial charge is 0.416 e. The van der Waals surface area contributed by atoms with E-state index in [1.54, 1.807) is 18.3 Å². The summed E-state index contributed by atoms with van der Waals surface area (Å²) in [5.41, 5.74) is 6.57. The first-order valence-corrected chi connectivity index (χ1v) is 8.03. The smallest absolute Gasteiger partial charge is 0.369 e. The van der Waals surface area contributed by atoms with Gasteiger partial charge in [0.15, 0.2) is 5.95 Å². The minimum absolute atomic E-state index is 0.0997. The van der Waals surface area contributed by atoms with Crippen molar-refractivity contribution >= 4 is 11.9 Å². The van der Waals surface area contributed by atoms with Gasteiger partial charge >= 0.3 is 6.18 Å². The van der Waals surface area contributed by atoms with Gasteiger partial charge in [-0.1, -0.05) is 12.1 Å². The second-order valence-corrected chi connectivity index (χ2v) is 6.11. The summed E-state index contributed by atoms with van der Waals surface area (Å²) in [7, 11) is 0. The number of benzene rings is 1. The summed E-state index contributed by atoms with van der Waals surface area (Å²) in [6.07, 6.45) is -0.714. The zero-order valence-corrected chi connectivity index (χ0v) is 13.5. The number of nitrogens with one attached hydrogen (secondary N) is 2. The first-order chi connectivity index (χ1) is 12.4. The quantitative estimate of drug-likeness (QED) is 0.660. The number of imidazole rings is 1. The van der Waals surface area contributed by atoms with Crippen LogP contribution in [0.15, 0.2) is 36.5 Å². The Kier molecular flexibility index (Phi) is 3.78. The summed E-state index contributed by atoms with van der Waals surface area (Å²) in [6, 6.07) is 6.99. The van der Waals surface area contributed by atoms with Crippen LogP contribution in [0.25, 0.3) is 22.6 Å². The fraction of sp³-hybridized carbons (Fsp3) is 0.235. The Morgan fingerprint density at radius 3 is 2.69 bits per heavy atom. The van der Waals surface area contributed by atoms with E-state index < -0.39 is 11.7 Å². The van der Waals surface area contributed by atoms with Crippen molar-refractivity contribution in [2.75, 3.05) is 11.1 Å². The summed E-state index contributed by atoms with van der Waals surface area (Å²) in [6.45, 7) is 0. The standard InChI is InChI=1S/C17H15F3N6/c18-17(19,20)10-3-1-2-9(8-10)13-14(26-15(21)25-13)12-6-7-22-16(24-12)23-11-4-5-11/h1-3,6-8,11H,4-5H2,(H3,21,25,26)(H,22,23,24). The van der Waals surface area contributed by atoms with E-state index in [1.165, 1.54) is 6.07 Å². The Balaban J connectivity index is 1.76. The lowest BCUT2D eigenvalue weighted by molar-refractivity contribution is -0.137. The molecule has 0 aliphatic heterocycles. The number of anilines is 2. The molecule has 3 aromatic rings. The van der Waals surface area contributed by atoms with Crippen molar-refractivity contribution in [3.63, 3.8) is 0 Å². The Labute approximate surface area is 146 Å². The number of H-pyrrole nitrogens is 1. The lowest BCUT2D eigenvalue weighted by Crippen LogP contribution is -2.06. The molecule has 6 nitrogen and oxygen atoms in total. The van der Waals surface area contributed by atoms with Gasteiger partial charge in [0, 0.05) is 17.8 Å².